The van der Waals surface area contributed by atoms with Gasteiger partial charge in [-0.15, -0.1) is 0 Å². The summed E-state index contributed by atoms with van der Waals surface area (Å²) in [6.45, 7) is 6.02. The number of nitrogens with zero attached hydrogens (tertiary/aromatic N) is 3. The normalized spacial score (nSPS) is 16.9. The van der Waals surface area contributed by atoms with Crippen LogP contribution < -0.4 is 0 Å². The molecule has 0 N–H and O–H groups in total. The predicted molar refractivity (Wildman–Crippen MR) is 133 cm³/mol. The van der Waals surface area contributed by atoms with E-state index in [1.807, 2.05) is 6.07 Å². The summed E-state index contributed by atoms with van der Waals surface area (Å²) in [5.74, 6) is -0.406. The van der Waals surface area contributed by atoms with Crippen molar-refractivity contribution in [2.45, 2.75) is 58.0 Å². The lowest BCUT2D eigenvalue weighted by Crippen LogP contribution is -2.48. The SMILES string of the molecule is CC(C)(C)OC(=O)N1CCC(N2Cc3c(cc(-c4cccc5ncccc45)cc3C(F)(F)F)C2=O)CC1. The predicted octanol–water partition coefficient (Wildman–Crippen LogP) is 6.28. The van der Waals surface area contributed by atoms with Crippen molar-refractivity contribution in [2.24, 2.45) is 0 Å². The molecule has 2 aliphatic rings. The smallest absolute Gasteiger partial charge is 0.416 e. The summed E-state index contributed by atoms with van der Waals surface area (Å²) in [4.78, 5) is 33.3. The Morgan fingerprint density at radius 1 is 1.03 bits per heavy atom. The highest BCUT2D eigenvalue weighted by Crippen LogP contribution is 2.42. The zero-order valence-corrected chi connectivity index (χ0v) is 20.9. The lowest BCUT2D eigenvalue weighted by Gasteiger charge is -2.37. The molecule has 2 aliphatic heterocycles. The first-order valence-corrected chi connectivity index (χ1v) is 12.3. The molecule has 6 nitrogen and oxygen atoms in total. The van der Waals surface area contributed by atoms with Gasteiger partial charge in [-0.2, -0.15) is 13.2 Å². The summed E-state index contributed by atoms with van der Waals surface area (Å²) in [5.41, 5.74) is 0.276. The minimum Gasteiger partial charge on any atom is -0.444 e. The van der Waals surface area contributed by atoms with Crippen molar-refractivity contribution in [2.75, 3.05) is 13.1 Å². The first kappa shape index (κ1) is 25.0. The number of piperidine rings is 1. The van der Waals surface area contributed by atoms with Crippen molar-refractivity contribution in [3.63, 3.8) is 0 Å². The summed E-state index contributed by atoms with van der Waals surface area (Å²) in [5, 5.41) is 0.717. The Kier molecular flexibility index (Phi) is 6.12. The second-order valence-electron chi connectivity index (χ2n) is 10.6. The molecule has 0 bridgehead atoms. The third kappa shape index (κ3) is 4.86. The van der Waals surface area contributed by atoms with Crippen LogP contribution in [0.3, 0.4) is 0 Å². The van der Waals surface area contributed by atoms with Crippen LogP contribution in [0.15, 0.2) is 48.7 Å². The van der Waals surface area contributed by atoms with Crippen LogP contribution in [0, 0.1) is 0 Å². The van der Waals surface area contributed by atoms with Crippen molar-refractivity contribution in [3.8, 4) is 11.1 Å². The molecule has 1 saturated heterocycles. The Balaban J connectivity index is 1.44. The number of alkyl halides is 3. The van der Waals surface area contributed by atoms with Gasteiger partial charge in [0.1, 0.15) is 5.60 Å². The molecule has 3 aromatic rings. The molecule has 0 spiro atoms. The van der Waals surface area contributed by atoms with E-state index in [2.05, 4.69) is 4.98 Å². The van der Waals surface area contributed by atoms with E-state index < -0.39 is 29.3 Å². The minimum absolute atomic E-state index is 0.00850. The van der Waals surface area contributed by atoms with Gasteiger partial charge < -0.3 is 14.5 Å². The van der Waals surface area contributed by atoms with Gasteiger partial charge in [0.15, 0.2) is 0 Å². The third-order valence-corrected chi connectivity index (χ3v) is 6.89. The van der Waals surface area contributed by atoms with Crippen molar-refractivity contribution in [3.05, 3.63) is 65.4 Å². The molecule has 0 unspecified atom stereocenters. The Labute approximate surface area is 213 Å². The fourth-order valence-electron chi connectivity index (χ4n) is 5.18. The minimum atomic E-state index is -4.61. The van der Waals surface area contributed by atoms with E-state index in [-0.39, 0.29) is 23.7 Å². The van der Waals surface area contributed by atoms with Crippen LogP contribution in [0.1, 0.15) is 55.1 Å². The maximum absolute atomic E-state index is 14.2. The van der Waals surface area contributed by atoms with E-state index in [0.29, 0.717) is 42.6 Å². The molecule has 37 heavy (non-hydrogen) atoms. The first-order chi connectivity index (χ1) is 17.4. The molecule has 5 rings (SSSR count). The standard InChI is InChI=1S/C28H28F3N3O3/c1-27(2,3)37-26(36)33-12-9-18(10-13-33)34-16-22-21(25(34)35)14-17(15-23(22)28(29,30)31)19-6-4-8-24-20(19)7-5-11-32-24/h4-8,11,14-15,18H,9-10,12-13,16H2,1-3H3. The highest BCUT2D eigenvalue weighted by atomic mass is 19.4. The second kappa shape index (κ2) is 9.04. The molecule has 2 aromatic carbocycles. The highest BCUT2D eigenvalue weighted by molar-refractivity contribution is 6.02. The van der Waals surface area contributed by atoms with Crippen molar-refractivity contribution in [1.29, 1.82) is 0 Å². The molecule has 0 atom stereocenters. The lowest BCUT2D eigenvalue weighted by molar-refractivity contribution is -0.138. The average molecular weight is 512 g/mol. The quantitative estimate of drug-likeness (QED) is 0.407. The monoisotopic (exact) mass is 511 g/mol. The Bertz CT molecular complexity index is 1370. The number of ether oxygens (including phenoxy) is 1. The van der Waals surface area contributed by atoms with E-state index >= 15 is 0 Å². The maximum Gasteiger partial charge on any atom is 0.416 e. The van der Waals surface area contributed by atoms with Crippen molar-refractivity contribution >= 4 is 22.9 Å². The van der Waals surface area contributed by atoms with E-state index in [4.69, 9.17) is 4.74 Å². The summed E-state index contributed by atoms with van der Waals surface area (Å²) < 4.78 is 48.1. The molecular formula is C28H28F3N3O3. The molecule has 1 fully saturated rings. The summed E-state index contributed by atoms with van der Waals surface area (Å²) >= 11 is 0. The lowest BCUT2D eigenvalue weighted by atomic mass is 9.93. The number of hydrogen-bond donors (Lipinski definition) is 0. The molecule has 2 amide bonds. The number of carbonyl (C=O) groups excluding carboxylic acids is 2. The fraction of sp³-hybridized carbons (Fsp3) is 0.393. The van der Waals surface area contributed by atoms with Gasteiger partial charge in [-0.25, -0.2) is 4.79 Å². The number of pyridine rings is 1. The number of amides is 2. The van der Waals surface area contributed by atoms with E-state index in [1.54, 1.807) is 62.2 Å². The zero-order chi connectivity index (χ0) is 26.5. The van der Waals surface area contributed by atoms with E-state index in [0.717, 1.165) is 11.5 Å². The highest BCUT2D eigenvalue weighted by Gasteiger charge is 2.42. The van der Waals surface area contributed by atoms with Crippen LogP contribution in [0.5, 0.6) is 0 Å². The summed E-state index contributed by atoms with van der Waals surface area (Å²) in [6, 6.07) is 11.3. The Hall–Kier alpha value is -3.62. The zero-order valence-electron chi connectivity index (χ0n) is 20.9. The molecule has 9 heteroatoms. The number of benzene rings is 2. The first-order valence-electron chi connectivity index (χ1n) is 12.3. The number of fused-ring (bicyclic) bond motifs is 2. The number of aromatic nitrogens is 1. The second-order valence-corrected chi connectivity index (χ2v) is 10.6. The Morgan fingerprint density at radius 2 is 1.76 bits per heavy atom. The van der Waals surface area contributed by atoms with Gasteiger partial charge in [0.2, 0.25) is 0 Å². The molecule has 3 heterocycles. The largest absolute Gasteiger partial charge is 0.444 e. The molecule has 0 saturated carbocycles. The number of carbonyl (C=O) groups is 2. The molecule has 0 radical (unpaired) electrons. The number of likely N-dealkylation sites (tertiary alicyclic amines) is 1. The number of hydrogen-bond acceptors (Lipinski definition) is 4. The van der Waals surface area contributed by atoms with Crippen molar-refractivity contribution < 1.29 is 27.5 Å². The van der Waals surface area contributed by atoms with Gasteiger partial charge in [0.25, 0.3) is 5.91 Å². The summed E-state index contributed by atoms with van der Waals surface area (Å²) in [7, 11) is 0. The van der Waals surface area contributed by atoms with Gasteiger partial charge in [0.05, 0.1) is 11.1 Å². The molecular weight excluding hydrogens is 483 g/mol. The summed E-state index contributed by atoms with van der Waals surface area (Å²) in [6.07, 6.45) is -2.45. The fourth-order valence-corrected chi connectivity index (χ4v) is 5.18. The molecule has 0 aliphatic carbocycles. The average Bonchev–Trinajstić information content (AvgIpc) is 3.17. The number of rotatable bonds is 2. The third-order valence-electron chi connectivity index (χ3n) is 6.89. The van der Waals surface area contributed by atoms with Crippen LogP contribution >= 0.6 is 0 Å². The molecule has 1 aromatic heterocycles. The Morgan fingerprint density at radius 3 is 2.43 bits per heavy atom. The topological polar surface area (TPSA) is 62.7 Å². The van der Waals surface area contributed by atoms with Crippen LogP contribution in [0.4, 0.5) is 18.0 Å². The van der Waals surface area contributed by atoms with Crippen LogP contribution in [-0.4, -0.2) is 51.5 Å². The van der Waals surface area contributed by atoms with Gasteiger partial charge >= 0.3 is 12.3 Å². The van der Waals surface area contributed by atoms with Gasteiger partial charge in [-0.1, -0.05) is 18.2 Å². The number of halogens is 3. The van der Waals surface area contributed by atoms with Gasteiger partial charge in [-0.3, -0.25) is 9.78 Å². The van der Waals surface area contributed by atoms with Crippen molar-refractivity contribution in [1.82, 2.24) is 14.8 Å². The van der Waals surface area contributed by atoms with Gasteiger partial charge in [0, 0.05) is 42.8 Å². The maximum atomic E-state index is 14.2. The van der Waals surface area contributed by atoms with Gasteiger partial charge in [-0.05, 0) is 74.6 Å². The molecule has 194 valence electrons. The van der Waals surface area contributed by atoms with Crippen LogP contribution in [0.25, 0.3) is 22.0 Å². The van der Waals surface area contributed by atoms with E-state index in [1.165, 1.54) is 4.90 Å². The van der Waals surface area contributed by atoms with E-state index in [9.17, 15) is 22.8 Å². The van der Waals surface area contributed by atoms with Crippen LogP contribution in [0.2, 0.25) is 0 Å². The van der Waals surface area contributed by atoms with Crippen LogP contribution in [-0.2, 0) is 17.5 Å².